The smallest absolute Gasteiger partial charge is 0.344 e. The molecule has 1 N–H and O–H groups in total. The number of methoxy groups -OCH3 is 1. The maximum atomic E-state index is 12.7. The monoisotopic (exact) mass is 313 g/mol. The SMILES string of the molecule is COC(=O)c1c(-c2ccccc2)[nH]c2ccc(Cl)cc2c1=O. The summed E-state index contributed by atoms with van der Waals surface area (Å²) in [5.74, 6) is -0.679. The van der Waals surface area contributed by atoms with Crippen LogP contribution in [0.3, 0.4) is 0 Å². The molecule has 1 aromatic heterocycles. The molecule has 0 atom stereocenters. The zero-order chi connectivity index (χ0) is 15.7. The van der Waals surface area contributed by atoms with E-state index in [0.717, 1.165) is 5.56 Å². The highest BCUT2D eigenvalue weighted by atomic mass is 35.5. The van der Waals surface area contributed by atoms with Crippen molar-refractivity contribution in [3.05, 3.63) is 69.3 Å². The Labute approximate surface area is 131 Å². The Morgan fingerprint density at radius 3 is 2.55 bits per heavy atom. The third kappa shape index (κ3) is 2.38. The summed E-state index contributed by atoms with van der Waals surface area (Å²) in [6.07, 6.45) is 0. The Bertz CT molecular complexity index is 916. The van der Waals surface area contributed by atoms with Crippen molar-refractivity contribution < 1.29 is 9.53 Å². The Hall–Kier alpha value is -2.59. The first kappa shape index (κ1) is 14.4. The molecule has 0 spiro atoms. The minimum absolute atomic E-state index is 0.0246. The summed E-state index contributed by atoms with van der Waals surface area (Å²) in [4.78, 5) is 27.9. The molecule has 4 nitrogen and oxygen atoms in total. The fraction of sp³-hybridized carbons (Fsp3) is 0.0588. The predicted molar refractivity (Wildman–Crippen MR) is 86.4 cm³/mol. The van der Waals surface area contributed by atoms with Crippen molar-refractivity contribution >= 4 is 28.5 Å². The lowest BCUT2D eigenvalue weighted by Crippen LogP contribution is -2.19. The molecule has 0 aliphatic heterocycles. The van der Waals surface area contributed by atoms with E-state index < -0.39 is 11.4 Å². The molecule has 0 aliphatic carbocycles. The van der Waals surface area contributed by atoms with Crippen LogP contribution < -0.4 is 5.43 Å². The van der Waals surface area contributed by atoms with Gasteiger partial charge in [0.05, 0.1) is 12.8 Å². The molecule has 3 rings (SSSR count). The van der Waals surface area contributed by atoms with E-state index in [4.69, 9.17) is 16.3 Å². The number of hydrogen-bond acceptors (Lipinski definition) is 3. The number of benzene rings is 2. The number of pyridine rings is 1. The quantitative estimate of drug-likeness (QED) is 0.735. The molecule has 22 heavy (non-hydrogen) atoms. The number of hydrogen-bond donors (Lipinski definition) is 1. The van der Waals surface area contributed by atoms with Gasteiger partial charge in [0, 0.05) is 15.9 Å². The Kier molecular flexibility index (Phi) is 3.69. The van der Waals surface area contributed by atoms with Crippen LogP contribution in [-0.4, -0.2) is 18.1 Å². The lowest BCUT2D eigenvalue weighted by molar-refractivity contribution is 0.0600. The van der Waals surface area contributed by atoms with Gasteiger partial charge in [-0.3, -0.25) is 4.79 Å². The Morgan fingerprint density at radius 1 is 1.14 bits per heavy atom. The van der Waals surface area contributed by atoms with E-state index in [1.54, 1.807) is 12.1 Å². The molecule has 0 amide bonds. The van der Waals surface area contributed by atoms with Crippen LogP contribution in [0.2, 0.25) is 5.02 Å². The van der Waals surface area contributed by atoms with Gasteiger partial charge in [0.15, 0.2) is 0 Å². The number of ether oxygens (including phenoxy) is 1. The van der Waals surface area contributed by atoms with Gasteiger partial charge < -0.3 is 9.72 Å². The molecule has 5 heteroatoms. The first-order valence-corrected chi connectivity index (χ1v) is 6.99. The van der Waals surface area contributed by atoms with Gasteiger partial charge in [-0.15, -0.1) is 0 Å². The largest absolute Gasteiger partial charge is 0.465 e. The number of halogens is 1. The predicted octanol–water partition coefficient (Wildman–Crippen LogP) is 3.64. The molecule has 1 heterocycles. The van der Waals surface area contributed by atoms with Crippen LogP contribution in [-0.2, 0) is 4.74 Å². The minimum Gasteiger partial charge on any atom is -0.465 e. The van der Waals surface area contributed by atoms with Crippen LogP contribution in [0.25, 0.3) is 22.2 Å². The van der Waals surface area contributed by atoms with E-state index in [1.807, 2.05) is 30.3 Å². The van der Waals surface area contributed by atoms with E-state index in [0.29, 0.717) is 21.6 Å². The number of fused-ring (bicyclic) bond motifs is 1. The average molecular weight is 314 g/mol. The molecule has 0 aliphatic rings. The van der Waals surface area contributed by atoms with Gasteiger partial charge >= 0.3 is 5.97 Å². The lowest BCUT2D eigenvalue weighted by atomic mass is 10.0. The van der Waals surface area contributed by atoms with Gasteiger partial charge in [0.2, 0.25) is 5.43 Å². The van der Waals surface area contributed by atoms with Crippen LogP contribution in [0.1, 0.15) is 10.4 Å². The second-order valence-electron chi connectivity index (χ2n) is 4.75. The maximum absolute atomic E-state index is 12.7. The molecule has 0 unspecified atom stereocenters. The second-order valence-corrected chi connectivity index (χ2v) is 5.19. The molecular weight excluding hydrogens is 302 g/mol. The first-order chi connectivity index (χ1) is 10.6. The van der Waals surface area contributed by atoms with Gasteiger partial charge in [-0.05, 0) is 23.8 Å². The van der Waals surface area contributed by atoms with E-state index in [2.05, 4.69) is 4.98 Å². The van der Waals surface area contributed by atoms with Gasteiger partial charge in [-0.1, -0.05) is 41.9 Å². The molecule has 0 saturated heterocycles. The summed E-state index contributed by atoms with van der Waals surface area (Å²) in [5.41, 5.74) is 1.36. The normalized spacial score (nSPS) is 10.6. The lowest BCUT2D eigenvalue weighted by Gasteiger charge is -2.10. The van der Waals surface area contributed by atoms with Gasteiger partial charge in [0.25, 0.3) is 0 Å². The second kappa shape index (κ2) is 5.66. The van der Waals surface area contributed by atoms with E-state index in [-0.39, 0.29) is 5.56 Å². The number of rotatable bonds is 2. The highest BCUT2D eigenvalue weighted by Crippen LogP contribution is 2.24. The number of carbonyl (C=O) groups excluding carboxylic acids is 1. The van der Waals surface area contributed by atoms with E-state index in [9.17, 15) is 9.59 Å². The zero-order valence-electron chi connectivity index (χ0n) is 11.7. The minimum atomic E-state index is -0.679. The molecule has 0 fully saturated rings. The van der Waals surface area contributed by atoms with Crippen molar-refractivity contribution in [3.63, 3.8) is 0 Å². The maximum Gasteiger partial charge on any atom is 0.344 e. The van der Waals surface area contributed by atoms with Crippen LogP contribution in [0.5, 0.6) is 0 Å². The molecule has 0 bridgehead atoms. The summed E-state index contributed by atoms with van der Waals surface area (Å²) in [6, 6.07) is 14.1. The zero-order valence-corrected chi connectivity index (χ0v) is 12.5. The number of esters is 1. The van der Waals surface area contributed by atoms with Crippen molar-refractivity contribution in [2.75, 3.05) is 7.11 Å². The van der Waals surface area contributed by atoms with Gasteiger partial charge in [-0.2, -0.15) is 0 Å². The highest BCUT2D eigenvalue weighted by molar-refractivity contribution is 6.31. The molecule has 0 radical (unpaired) electrons. The third-order valence-electron chi connectivity index (χ3n) is 3.41. The van der Waals surface area contributed by atoms with E-state index in [1.165, 1.54) is 13.2 Å². The Morgan fingerprint density at radius 2 is 1.86 bits per heavy atom. The van der Waals surface area contributed by atoms with Crippen molar-refractivity contribution in [1.82, 2.24) is 4.98 Å². The molecule has 0 saturated carbocycles. The molecular formula is C17H12ClNO3. The fourth-order valence-electron chi connectivity index (χ4n) is 2.38. The summed E-state index contributed by atoms with van der Waals surface area (Å²) < 4.78 is 4.77. The number of aromatic amines is 1. The summed E-state index contributed by atoms with van der Waals surface area (Å²) >= 11 is 5.94. The number of carbonyl (C=O) groups is 1. The average Bonchev–Trinajstić information content (AvgIpc) is 2.55. The van der Waals surface area contributed by atoms with Gasteiger partial charge in [-0.25, -0.2) is 4.79 Å². The van der Waals surface area contributed by atoms with Crippen LogP contribution >= 0.6 is 11.6 Å². The van der Waals surface area contributed by atoms with Gasteiger partial charge in [0.1, 0.15) is 5.56 Å². The summed E-state index contributed by atoms with van der Waals surface area (Å²) in [6.45, 7) is 0. The fourth-order valence-corrected chi connectivity index (χ4v) is 2.55. The molecule has 2 aromatic carbocycles. The number of nitrogens with one attached hydrogen (secondary N) is 1. The van der Waals surface area contributed by atoms with Crippen LogP contribution in [0.15, 0.2) is 53.3 Å². The van der Waals surface area contributed by atoms with E-state index >= 15 is 0 Å². The van der Waals surface area contributed by atoms with Crippen molar-refractivity contribution in [2.24, 2.45) is 0 Å². The molecule has 3 aromatic rings. The third-order valence-corrected chi connectivity index (χ3v) is 3.65. The standard InChI is InChI=1S/C17H12ClNO3/c1-22-17(21)14-15(10-5-3-2-4-6-10)19-13-8-7-11(18)9-12(13)16(14)20/h2-9H,1H3,(H,19,20). The molecule has 110 valence electrons. The van der Waals surface area contributed by atoms with Crippen molar-refractivity contribution in [2.45, 2.75) is 0 Å². The number of aromatic nitrogens is 1. The highest BCUT2D eigenvalue weighted by Gasteiger charge is 2.20. The first-order valence-electron chi connectivity index (χ1n) is 6.61. The topological polar surface area (TPSA) is 59.2 Å². The van der Waals surface area contributed by atoms with Crippen molar-refractivity contribution in [3.8, 4) is 11.3 Å². The van der Waals surface area contributed by atoms with Crippen molar-refractivity contribution in [1.29, 1.82) is 0 Å². The Balaban J connectivity index is 2.42. The summed E-state index contributed by atoms with van der Waals surface area (Å²) in [5, 5.41) is 0.786. The van der Waals surface area contributed by atoms with Crippen LogP contribution in [0, 0.1) is 0 Å². The number of H-pyrrole nitrogens is 1. The summed E-state index contributed by atoms with van der Waals surface area (Å²) in [7, 11) is 1.25. The van der Waals surface area contributed by atoms with Crippen LogP contribution in [0.4, 0.5) is 0 Å².